The number of ether oxygens (including phenoxy) is 1. The molecule has 3 fully saturated rings. The first kappa shape index (κ1) is 16.7. The minimum absolute atomic E-state index is 0.134. The van der Waals surface area contributed by atoms with Gasteiger partial charge in [-0.05, 0) is 32.1 Å². The number of nitrogens with zero attached hydrogens (tertiary/aromatic N) is 2. The third-order valence-electron chi connectivity index (χ3n) is 6.01. The number of likely N-dealkylation sites (tertiary alicyclic amines) is 1. The highest BCUT2D eigenvalue weighted by Crippen LogP contribution is 2.33. The van der Waals surface area contributed by atoms with E-state index in [0.29, 0.717) is 24.2 Å². The highest BCUT2D eigenvalue weighted by atomic mass is 32.1. The molecule has 2 saturated heterocycles. The van der Waals surface area contributed by atoms with Crippen molar-refractivity contribution in [2.24, 2.45) is 0 Å². The topological polar surface area (TPSA) is 42.4 Å². The van der Waals surface area contributed by atoms with Crippen LogP contribution in [0.5, 0.6) is 0 Å². The molecule has 1 aromatic rings. The third-order valence-corrected chi connectivity index (χ3v) is 6.88. The largest absolute Gasteiger partial charge is 0.381 e. The van der Waals surface area contributed by atoms with Gasteiger partial charge in [0.05, 0.1) is 18.2 Å². The molecule has 24 heavy (non-hydrogen) atoms. The molecule has 1 aromatic heterocycles. The van der Waals surface area contributed by atoms with Crippen LogP contribution in [0.25, 0.3) is 0 Å². The molecule has 132 valence electrons. The summed E-state index contributed by atoms with van der Waals surface area (Å²) in [6, 6.07) is 0.686. The van der Waals surface area contributed by atoms with Crippen LogP contribution in [0.15, 0.2) is 5.38 Å². The Morgan fingerprint density at radius 1 is 1.17 bits per heavy atom. The van der Waals surface area contributed by atoms with E-state index < -0.39 is 0 Å². The highest BCUT2D eigenvalue weighted by Gasteiger charge is 2.38. The Hall–Kier alpha value is -0.780. The van der Waals surface area contributed by atoms with Gasteiger partial charge in [0.15, 0.2) is 5.78 Å². The smallest absolute Gasteiger partial charge is 0.156 e. The predicted molar refractivity (Wildman–Crippen MR) is 95.6 cm³/mol. The summed E-state index contributed by atoms with van der Waals surface area (Å²) in [6.07, 6.45) is 10.3. The molecule has 0 radical (unpaired) electrons. The zero-order valence-corrected chi connectivity index (χ0v) is 15.2. The first-order chi connectivity index (χ1) is 11.8. The van der Waals surface area contributed by atoms with E-state index in [0.717, 1.165) is 44.0 Å². The van der Waals surface area contributed by atoms with Gasteiger partial charge in [-0.15, -0.1) is 11.3 Å². The average molecular weight is 349 g/mol. The Labute approximate surface area is 148 Å². The molecule has 0 unspecified atom stereocenters. The van der Waals surface area contributed by atoms with Crippen LogP contribution in [0.1, 0.15) is 68.0 Å². The van der Waals surface area contributed by atoms with Crippen LogP contribution in [0, 0.1) is 0 Å². The van der Waals surface area contributed by atoms with Gasteiger partial charge in [0.25, 0.3) is 0 Å². The maximum Gasteiger partial charge on any atom is 0.156 e. The van der Waals surface area contributed by atoms with Crippen molar-refractivity contribution in [3.8, 4) is 0 Å². The number of hydrogen-bond donors (Lipinski definition) is 0. The Morgan fingerprint density at radius 3 is 2.67 bits per heavy atom. The second-order valence-electron chi connectivity index (χ2n) is 7.53. The van der Waals surface area contributed by atoms with E-state index in [4.69, 9.17) is 9.72 Å². The summed E-state index contributed by atoms with van der Waals surface area (Å²) in [6.45, 7) is 2.77. The first-order valence-electron chi connectivity index (χ1n) is 9.62. The summed E-state index contributed by atoms with van der Waals surface area (Å²) < 4.78 is 5.45. The van der Waals surface area contributed by atoms with Gasteiger partial charge in [-0.1, -0.05) is 19.3 Å². The van der Waals surface area contributed by atoms with Crippen molar-refractivity contribution in [3.63, 3.8) is 0 Å². The van der Waals surface area contributed by atoms with Crippen molar-refractivity contribution in [3.05, 3.63) is 16.1 Å². The van der Waals surface area contributed by atoms with Gasteiger partial charge in [0.2, 0.25) is 0 Å². The van der Waals surface area contributed by atoms with E-state index in [1.54, 1.807) is 11.3 Å². The highest BCUT2D eigenvalue weighted by molar-refractivity contribution is 7.09. The summed E-state index contributed by atoms with van der Waals surface area (Å²) in [4.78, 5) is 20.0. The van der Waals surface area contributed by atoms with Crippen LogP contribution in [0.3, 0.4) is 0 Å². The lowest BCUT2D eigenvalue weighted by Gasteiger charge is -2.46. The van der Waals surface area contributed by atoms with E-state index in [1.165, 1.54) is 37.8 Å². The summed E-state index contributed by atoms with van der Waals surface area (Å²) in [5, 5.41) is 3.23. The van der Waals surface area contributed by atoms with Crippen molar-refractivity contribution >= 4 is 17.1 Å². The van der Waals surface area contributed by atoms with Gasteiger partial charge in [0, 0.05) is 37.1 Å². The molecule has 0 N–H and O–H groups in total. The van der Waals surface area contributed by atoms with Crippen LogP contribution >= 0.6 is 11.3 Å². The second-order valence-corrected chi connectivity index (χ2v) is 8.47. The number of carbonyl (C=O) groups excluding carboxylic acids is 1. The van der Waals surface area contributed by atoms with Crippen LogP contribution in [0.2, 0.25) is 0 Å². The van der Waals surface area contributed by atoms with Crippen LogP contribution in [0.4, 0.5) is 0 Å². The average Bonchev–Trinajstić information content (AvgIpc) is 3.04. The molecule has 0 aromatic carbocycles. The molecule has 2 aliphatic heterocycles. The van der Waals surface area contributed by atoms with Crippen LogP contribution in [-0.4, -0.2) is 47.5 Å². The standard InChI is InChI=1S/C19H28N2O2S/c22-18(17-6-9-21(17)15-7-10-23-11-8-15)12-19-20-16(13-24-19)14-4-2-1-3-5-14/h13-15,17H,1-12H2/t17-/m0/s1. The van der Waals surface area contributed by atoms with E-state index in [9.17, 15) is 4.79 Å². The number of carbonyl (C=O) groups is 1. The fourth-order valence-corrected chi connectivity index (χ4v) is 5.35. The number of aromatic nitrogens is 1. The van der Waals surface area contributed by atoms with Crippen LogP contribution in [-0.2, 0) is 16.0 Å². The Morgan fingerprint density at radius 2 is 1.96 bits per heavy atom. The Bertz CT molecular complexity index is 561. The second kappa shape index (κ2) is 7.63. The molecule has 3 heterocycles. The zero-order valence-electron chi connectivity index (χ0n) is 14.4. The van der Waals surface area contributed by atoms with Gasteiger partial charge in [-0.2, -0.15) is 0 Å². The van der Waals surface area contributed by atoms with Crippen molar-refractivity contribution in [2.45, 2.75) is 75.8 Å². The zero-order chi connectivity index (χ0) is 16.4. The molecule has 3 aliphatic rings. The van der Waals surface area contributed by atoms with E-state index in [1.807, 2.05) is 0 Å². The minimum Gasteiger partial charge on any atom is -0.381 e. The molecule has 1 saturated carbocycles. The lowest BCUT2D eigenvalue weighted by atomic mass is 9.87. The SMILES string of the molecule is O=C(Cc1nc(C2CCCCC2)cs1)[C@@H]1CCN1C1CCOCC1. The molecule has 4 rings (SSSR count). The predicted octanol–water partition coefficient (Wildman–Crippen LogP) is 3.56. The lowest BCUT2D eigenvalue weighted by Crippen LogP contribution is -2.58. The van der Waals surface area contributed by atoms with E-state index >= 15 is 0 Å². The van der Waals surface area contributed by atoms with E-state index in [-0.39, 0.29) is 6.04 Å². The minimum atomic E-state index is 0.134. The fourth-order valence-electron chi connectivity index (χ4n) is 4.47. The normalized spacial score (nSPS) is 27.1. The molecule has 1 aliphatic carbocycles. The van der Waals surface area contributed by atoms with Crippen molar-refractivity contribution < 1.29 is 9.53 Å². The maximum atomic E-state index is 12.7. The Kier molecular flexibility index (Phi) is 5.30. The van der Waals surface area contributed by atoms with Gasteiger partial charge in [-0.3, -0.25) is 9.69 Å². The quantitative estimate of drug-likeness (QED) is 0.816. The number of thiazole rings is 1. The van der Waals surface area contributed by atoms with Crippen molar-refractivity contribution in [1.82, 2.24) is 9.88 Å². The molecule has 0 bridgehead atoms. The number of rotatable bonds is 5. The summed E-state index contributed by atoms with van der Waals surface area (Å²) in [5.41, 5.74) is 1.25. The number of hydrogen-bond acceptors (Lipinski definition) is 5. The molecule has 0 amide bonds. The van der Waals surface area contributed by atoms with E-state index in [2.05, 4.69) is 10.3 Å². The molecule has 4 nitrogen and oxygen atoms in total. The molecular formula is C19H28N2O2S. The summed E-state index contributed by atoms with van der Waals surface area (Å²) in [7, 11) is 0. The van der Waals surface area contributed by atoms with Gasteiger partial charge >= 0.3 is 0 Å². The fraction of sp³-hybridized carbons (Fsp3) is 0.789. The molecule has 0 spiro atoms. The van der Waals surface area contributed by atoms with Crippen molar-refractivity contribution in [1.29, 1.82) is 0 Å². The molecule has 5 heteroatoms. The third kappa shape index (κ3) is 3.58. The van der Waals surface area contributed by atoms with Crippen LogP contribution < -0.4 is 0 Å². The lowest BCUT2D eigenvalue weighted by molar-refractivity contribution is -0.131. The monoisotopic (exact) mass is 348 g/mol. The Balaban J connectivity index is 1.33. The van der Waals surface area contributed by atoms with Gasteiger partial charge < -0.3 is 4.74 Å². The first-order valence-corrected chi connectivity index (χ1v) is 10.5. The molecule has 1 atom stereocenters. The number of ketones is 1. The number of Topliss-reactive ketones (excluding diaryl/α,β-unsaturated/α-hetero) is 1. The maximum absolute atomic E-state index is 12.7. The summed E-state index contributed by atoms with van der Waals surface area (Å²) in [5.74, 6) is 1.01. The van der Waals surface area contributed by atoms with Crippen molar-refractivity contribution in [2.75, 3.05) is 19.8 Å². The van der Waals surface area contributed by atoms with Gasteiger partial charge in [-0.25, -0.2) is 4.98 Å². The molecular weight excluding hydrogens is 320 g/mol. The summed E-state index contributed by atoms with van der Waals surface area (Å²) >= 11 is 1.69. The van der Waals surface area contributed by atoms with Gasteiger partial charge in [0.1, 0.15) is 5.01 Å².